The lowest BCUT2D eigenvalue weighted by atomic mass is 9.93. The Morgan fingerprint density at radius 3 is 1.61 bits per heavy atom. The van der Waals surface area contributed by atoms with E-state index in [1.54, 1.807) is 26.2 Å². The van der Waals surface area contributed by atoms with Crippen LogP contribution in [-0.4, -0.2) is 50.8 Å². The average molecular weight is 440 g/mol. The van der Waals surface area contributed by atoms with E-state index in [-0.39, 0.29) is 12.4 Å². The topological polar surface area (TPSA) is 32.1 Å². The van der Waals surface area contributed by atoms with Crippen molar-refractivity contribution in [2.75, 3.05) is 42.0 Å². The minimum atomic E-state index is -2.40. The molecule has 172 valence electrons. The van der Waals surface area contributed by atoms with Crippen molar-refractivity contribution in [3.63, 3.8) is 0 Å². The fourth-order valence-electron chi connectivity index (χ4n) is 3.83. The van der Waals surface area contributed by atoms with Crippen LogP contribution in [0.2, 0.25) is 6.04 Å². The molecule has 0 aliphatic carbocycles. The Morgan fingerprint density at radius 2 is 1.14 bits per heavy atom. The summed E-state index contributed by atoms with van der Waals surface area (Å²) >= 11 is 0. The number of quaternary nitrogens is 1. The lowest BCUT2D eigenvalue weighted by Gasteiger charge is -2.25. The van der Waals surface area contributed by atoms with Gasteiger partial charge >= 0.3 is 8.80 Å². The van der Waals surface area contributed by atoms with Crippen LogP contribution in [0.3, 0.4) is 0 Å². The first kappa shape index (κ1) is 30.5. The summed E-state index contributed by atoms with van der Waals surface area (Å²) in [5.41, 5.74) is 0. The van der Waals surface area contributed by atoms with Crippen molar-refractivity contribution in [1.82, 2.24) is 0 Å². The molecule has 0 aliphatic rings. The summed E-state index contributed by atoms with van der Waals surface area (Å²) in [6.07, 6.45) is 17.8. The van der Waals surface area contributed by atoms with Crippen molar-refractivity contribution < 1.29 is 30.6 Å². The van der Waals surface area contributed by atoms with Crippen molar-refractivity contribution in [1.29, 1.82) is 0 Å². The minimum absolute atomic E-state index is 0. The van der Waals surface area contributed by atoms with Gasteiger partial charge in [0.1, 0.15) is 0 Å². The molecule has 0 saturated carbocycles. The van der Waals surface area contributed by atoms with Gasteiger partial charge < -0.3 is 30.6 Å². The highest BCUT2D eigenvalue weighted by molar-refractivity contribution is 6.60. The van der Waals surface area contributed by atoms with Crippen molar-refractivity contribution in [3.8, 4) is 0 Å². The molecule has 0 bridgehead atoms. The summed E-state index contributed by atoms with van der Waals surface area (Å²) in [7, 11) is 7.27. The summed E-state index contributed by atoms with van der Waals surface area (Å²) in [4.78, 5) is 1.56. The fraction of sp³-hybridized carbons (Fsp3) is 1.00. The summed E-state index contributed by atoms with van der Waals surface area (Å²) in [5, 5.41) is 0. The molecule has 1 unspecified atom stereocenters. The van der Waals surface area contributed by atoms with Crippen LogP contribution in [-0.2, 0) is 13.3 Å². The Morgan fingerprint density at radius 1 is 0.679 bits per heavy atom. The number of nitrogens with one attached hydrogen (secondary N) is 1. The van der Waals surface area contributed by atoms with E-state index in [1.807, 2.05) is 0 Å². The van der Waals surface area contributed by atoms with Crippen molar-refractivity contribution in [3.05, 3.63) is 0 Å². The molecule has 0 heterocycles. The monoisotopic (exact) mass is 439 g/mol. The van der Waals surface area contributed by atoms with Gasteiger partial charge in [-0.1, -0.05) is 77.6 Å². The van der Waals surface area contributed by atoms with Gasteiger partial charge in [-0.15, -0.1) is 0 Å². The van der Waals surface area contributed by atoms with Crippen LogP contribution in [0.15, 0.2) is 0 Å². The Labute approximate surface area is 183 Å². The van der Waals surface area contributed by atoms with Gasteiger partial charge in [-0.2, -0.15) is 0 Å². The minimum Gasteiger partial charge on any atom is -1.00 e. The summed E-state index contributed by atoms with van der Waals surface area (Å²) < 4.78 is 16.7. The highest BCUT2D eigenvalue weighted by Crippen LogP contribution is 2.24. The lowest BCUT2D eigenvalue weighted by Crippen LogP contribution is -3.05. The molecule has 0 aromatic carbocycles. The maximum Gasteiger partial charge on any atom is 0.500 e. The number of halogens is 1. The van der Waals surface area contributed by atoms with Crippen LogP contribution in [0.1, 0.15) is 90.4 Å². The maximum absolute atomic E-state index is 5.57. The molecule has 0 saturated heterocycles. The predicted octanol–water partition coefficient (Wildman–Crippen LogP) is 1.72. The summed E-state index contributed by atoms with van der Waals surface area (Å²) in [6.45, 7) is 3.56. The largest absolute Gasteiger partial charge is 1.00 e. The van der Waals surface area contributed by atoms with Gasteiger partial charge in [-0.3, -0.25) is 0 Å². The van der Waals surface area contributed by atoms with Gasteiger partial charge in [0.05, 0.1) is 20.6 Å². The van der Waals surface area contributed by atoms with Crippen LogP contribution in [0.4, 0.5) is 0 Å². The SMILES string of the molecule is CCCCCCCCCCCC(CCC[Si](OC)(OC)OC)CC[NH+](C)C.[Cl-]. The van der Waals surface area contributed by atoms with Crippen molar-refractivity contribution in [2.24, 2.45) is 5.92 Å². The normalized spacial score (nSPS) is 13.0. The van der Waals surface area contributed by atoms with E-state index >= 15 is 0 Å². The van der Waals surface area contributed by atoms with Crippen LogP contribution in [0, 0.1) is 5.92 Å². The molecule has 0 aliphatic heterocycles. The standard InChI is InChI=1S/C22H49NO3Si.ClH/c1-7-8-9-10-11-12-13-14-15-17-22(19-20-23(2)3)18-16-21-27(24-4,25-5)26-6;/h22H,7-21H2,1-6H3;1H. The summed E-state index contributed by atoms with van der Waals surface area (Å²) in [6, 6.07) is 0.930. The molecule has 0 radical (unpaired) electrons. The van der Waals surface area contributed by atoms with E-state index < -0.39 is 8.80 Å². The molecule has 0 amide bonds. The summed E-state index contributed by atoms with van der Waals surface area (Å²) in [5.74, 6) is 0.835. The zero-order chi connectivity index (χ0) is 20.4. The average Bonchev–Trinajstić information content (AvgIpc) is 2.67. The van der Waals surface area contributed by atoms with Crippen LogP contribution in [0.5, 0.6) is 0 Å². The first-order valence-corrected chi connectivity index (χ1v) is 13.4. The highest BCUT2D eigenvalue weighted by Gasteiger charge is 2.37. The molecule has 4 nitrogen and oxygen atoms in total. The molecule has 1 atom stereocenters. The Bertz CT molecular complexity index is 310. The van der Waals surface area contributed by atoms with E-state index in [0.29, 0.717) is 0 Å². The van der Waals surface area contributed by atoms with Gasteiger partial charge in [-0.25, -0.2) is 0 Å². The van der Waals surface area contributed by atoms with Gasteiger partial charge in [0.15, 0.2) is 0 Å². The molecular formula is C22H50ClNO3Si. The van der Waals surface area contributed by atoms with E-state index in [1.165, 1.54) is 83.6 Å². The van der Waals surface area contributed by atoms with Crippen molar-refractivity contribution in [2.45, 2.75) is 96.4 Å². The fourth-order valence-corrected chi connectivity index (χ4v) is 5.58. The molecule has 0 aromatic rings. The second-order valence-electron chi connectivity index (χ2n) is 8.42. The maximum atomic E-state index is 5.57. The number of unbranched alkanes of at least 4 members (excludes halogenated alkanes) is 8. The second kappa shape index (κ2) is 20.6. The second-order valence-corrected chi connectivity index (χ2v) is 11.5. The zero-order valence-electron chi connectivity index (χ0n) is 19.8. The zero-order valence-corrected chi connectivity index (χ0v) is 21.5. The van der Waals surface area contributed by atoms with Crippen LogP contribution >= 0.6 is 0 Å². The molecule has 0 aromatic heterocycles. The first-order chi connectivity index (χ1) is 13.0. The molecule has 0 rings (SSSR count). The Kier molecular flexibility index (Phi) is 22.5. The third-order valence-corrected chi connectivity index (χ3v) is 8.63. The molecule has 6 heteroatoms. The van der Waals surface area contributed by atoms with E-state index in [0.717, 1.165) is 18.4 Å². The highest BCUT2D eigenvalue weighted by atomic mass is 35.5. The molecule has 0 spiro atoms. The first-order valence-electron chi connectivity index (χ1n) is 11.5. The van der Waals surface area contributed by atoms with E-state index in [4.69, 9.17) is 13.3 Å². The van der Waals surface area contributed by atoms with Gasteiger partial charge in [0.2, 0.25) is 0 Å². The third-order valence-electron chi connectivity index (χ3n) is 5.80. The lowest BCUT2D eigenvalue weighted by molar-refractivity contribution is -0.858. The number of hydrogen-bond acceptors (Lipinski definition) is 3. The quantitative estimate of drug-likeness (QED) is 0.231. The molecule has 0 fully saturated rings. The van der Waals surface area contributed by atoms with Crippen LogP contribution < -0.4 is 17.3 Å². The molecule has 28 heavy (non-hydrogen) atoms. The smallest absolute Gasteiger partial charge is 0.500 e. The van der Waals surface area contributed by atoms with Gasteiger partial charge in [0.25, 0.3) is 0 Å². The van der Waals surface area contributed by atoms with Crippen LogP contribution in [0.25, 0.3) is 0 Å². The number of hydrogen-bond donors (Lipinski definition) is 1. The van der Waals surface area contributed by atoms with E-state index in [2.05, 4.69) is 21.0 Å². The molecule has 1 N–H and O–H groups in total. The van der Waals surface area contributed by atoms with Gasteiger partial charge in [0, 0.05) is 27.4 Å². The van der Waals surface area contributed by atoms with Gasteiger partial charge in [-0.05, 0) is 18.8 Å². The molecular weight excluding hydrogens is 390 g/mol. The Hall–Kier alpha value is 0.347. The van der Waals surface area contributed by atoms with E-state index in [9.17, 15) is 0 Å². The Balaban J connectivity index is 0. The third kappa shape index (κ3) is 16.2. The predicted molar refractivity (Wildman–Crippen MR) is 118 cm³/mol. The number of rotatable bonds is 20. The van der Waals surface area contributed by atoms with Crippen molar-refractivity contribution >= 4 is 8.80 Å².